The van der Waals surface area contributed by atoms with Gasteiger partial charge in [-0.2, -0.15) is 0 Å². The molecule has 1 aromatic heterocycles. The van der Waals surface area contributed by atoms with E-state index in [0.29, 0.717) is 11.5 Å². The highest BCUT2D eigenvalue weighted by Gasteiger charge is 2.24. The monoisotopic (exact) mass is 284 g/mol. The van der Waals surface area contributed by atoms with Crippen LogP contribution in [0.5, 0.6) is 0 Å². The molecule has 0 aliphatic heterocycles. The van der Waals surface area contributed by atoms with Crippen LogP contribution >= 0.6 is 0 Å². The van der Waals surface area contributed by atoms with Crippen LogP contribution in [-0.4, -0.2) is 34.2 Å². The van der Waals surface area contributed by atoms with Crippen molar-refractivity contribution in [1.82, 2.24) is 10.6 Å². The normalized spacial score (nSPS) is 13.3. The number of urea groups is 1. The first-order valence-electron chi connectivity index (χ1n) is 5.87. The number of aryl methyl sites for hydroxylation is 1. The van der Waals surface area contributed by atoms with E-state index in [9.17, 15) is 14.4 Å². The smallest absolute Gasteiger partial charge is 0.326 e. The van der Waals surface area contributed by atoms with Crippen LogP contribution in [0.25, 0.3) is 0 Å². The quantitative estimate of drug-likeness (QED) is 0.613. The van der Waals surface area contributed by atoms with Gasteiger partial charge in [0.25, 0.3) is 0 Å². The van der Waals surface area contributed by atoms with Gasteiger partial charge in [0.2, 0.25) is 0 Å². The molecule has 8 nitrogen and oxygen atoms in total. The van der Waals surface area contributed by atoms with Crippen LogP contribution in [0.15, 0.2) is 16.5 Å². The lowest BCUT2D eigenvalue weighted by Crippen LogP contribution is -2.47. The Labute approximate surface area is 114 Å². The average molecular weight is 284 g/mol. The maximum Gasteiger partial charge on any atom is 0.326 e. The van der Waals surface area contributed by atoms with Gasteiger partial charge >= 0.3 is 18.0 Å². The predicted octanol–water partition coefficient (Wildman–Crippen LogP) is 0.876. The Balaban J connectivity index is 2.57. The van der Waals surface area contributed by atoms with Crippen molar-refractivity contribution >= 4 is 18.0 Å². The zero-order valence-corrected chi connectivity index (χ0v) is 11.0. The molecule has 1 aromatic rings. The molecule has 110 valence electrons. The number of carboxylic acids is 2. The van der Waals surface area contributed by atoms with E-state index in [1.54, 1.807) is 26.0 Å². The third kappa shape index (κ3) is 4.63. The second kappa shape index (κ2) is 6.60. The highest BCUT2D eigenvalue weighted by Crippen LogP contribution is 2.15. The fourth-order valence-corrected chi connectivity index (χ4v) is 1.53. The predicted molar refractivity (Wildman–Crippen MR) is 67.2 cm³/mol. The van der Waals surface area contributed by atoms with E-state index in [1.165, 1.54) is 0 Å². The Hall–Kier alpha value is -2.51. The summed E-state index contributed by atoms with van der Waals surface area (Å²) in [6.07, 6.45) is -0.697. The van der Waals surface area contributed by atoms with Crippen molar-refractivity contribution in [3.05, 3.63) is 23.7 Å². The number of carboxylic acid groups (broad SMARTS) is 2. The molecule has 1 heterocycles. The third-order valence-corrected chi connectivity index (χ3v) is 2.52. The molecular weight excluding hydrogens is 268 g/mol. The zero-order valence-electron chi connectivity index (χ0n) is 11.0. The van der Waals surface area contributed by atoms with Crippen LogP contribution in [0, 0.1) is 6.92 Å². The van der Waals surface area contributed by atoms with Crippen molar-refractivity contribution in [2.24, 2.45) is 0 Å². The summed E-state index contributed by atoms with van der Waals surface area (Å²) in [4.78, 5) is 32.9. The summed E-state index contributed by atoms with van der Waals surface area (Å²) in [5.74, 6) is -1.53. The number of carbonyl (C=O) groups is 3. The first-order chi connectivity index (χ1) is 9.29. The molecule has 0 saturated carbocycles. The van der Waals surface area contributed by atoms with E-state index in [0.717, 1.165) is 0 Å². The van der Waals surface area contributed by atoms with Crippen LogP contribution in [-0.2, 0) is 9.59 Å². The van der Waals surface area contributed by atoms with Crippen LogP contribution in [0.3, 0.4) is 0 Å². The maximum atomic E-state index is 11.6. The van der Waals surface area contributed by atoms with Gasteiger partial charge in [0.15, 0.2) is 0 Å². The van der Waals surface area contributed by atoms with Crippen molar-refractivity contribution in [3.8, 4) is 0 Å². The van der Waals surface area contributed by atoms with Crippen LogP contribution < -0.4 is 10.6 Å². The number of hydrogen-bond acceptors (Lipinski definition) is 4. The van der Waals surface area contributed by atoms with Gasteiger partial charge in [-0.3, -0.25) is 4.79 Å². The lowest BCUT2D eigenvalue weighted by molar-refractivity contribution is -0.145. The van der Waals surface area contributed by atoms with E-state index >= 15 is 0 Å². The fourth-order valence-electron chi connectivity index (χ4n) is 1.53. The van der Waals surface area contributed by atoms with Gasteiger partial charge in [0.05, 0.1) is 12.5 Å². The van der Waals surface area contributed by atoms with Gasteiger partial charge in [-0.05, 0) is 26.0 Å². The van der Waals surface area contributed by atoms with Crippen LogP contribution in [0.2, 0.25) is 0 Å². The molecular formula is C12H16N2O6. The highest BCUT2D eigenvalue weighted by molar-refractivity contribution is 5.86. The Morgan fingerprint density at radius 2 is 1.90 bits per heavy atom. The molecule has 2 amide bonds. The molecule has 8 heteroatoms. The molecule has 0 spiro atoms. The fraction of sp³-hybridized carbons (Fsp3) is 0.417. The van der Waals surface area contributed by atoms with Gasteiger partial charge in [0, 0.05) is 0 Å². The Kier molecular flexibility index (Phi) is 5.13. The number of furan rings is 1. The van der Waals surface area contributed by atoms with E-state index in [4.69, 9.17) is 14.6 Å². The summed E-state index contributed by atoms with van der Waals surface area (Å²) in [5.41, 5.74) is 0. The summed E-state index contributed by atoms with van der Waals surface area (Å²) in [5, 5.41) is 21.9. The molecule has 2 atom stereocenters. The molecule has 1 rings (SSSR count). The summed E-state index contributed by atoms with van der Waals surface area (Å²) in [6, 6.07) is 0.684. The third-order valence-electron chi connectivity index (χ3n) is 2.52. The van der Waals surface area contributed by atoms with E-state index in [2.05, 4.69) is 10.6 Å². The average Bonchev–Trinajstić information content (AvgIpc) is 2.74. The molecule has 0 fully saturated rings. The van der Waals surface area contributed by atoms with Gasteiger partial charge in [-0.15, -0.1) is 0 Å². The minimum atomic E-state index is -1.49. The van der Waals surface area contributed by atoms with Crippen molar-refractivity contribution in [2.45, 2.75) is 32.4 Å². The molecule has 0 aliphatic carbocycles. The van der Waals surface area contributed by atoms with Crippen LogP contribution in [0.1, 0.15) is 30.9 Å². The highest BCUT2D eigenvalue weighted by atomic mass is 16.4. The second-order valence-electron chi connectivity index (χ2n) is 4.28. The van der Waals surface area contributed by atoms with E-state index < -0.39 is 36.5 Å². The van der Waals surface area contributed by atoms with Gasteiger partial charge in [0.1, 0.15) is 17.6 Å². The van der Waals surface area contributed by atoms with E-state index in [1.807, 2.05) is 0 Å². The lowest BCUT2D eigenvalue weighted by Gasteiger charge is -2.16. The molecule has 4 N–H and O–H groups in total. The van der Waals surface area contributed by atoms with Crippen LogP contribution in [0.4, 0.5) is 4.79 Å². The lowest BCUT2D eigenvalue weighted by atomic mass is 10.2. The molecule has 0 saturated heterocycles. The Morgan fingerprint density at radius 3 is 2.35 bits per heavy atom. The number of aliphatic carboxylic acids is 2. The molecule has 1 unspecified atom stereocenters. The Bertz CT molecular complexity index is 510. The van der Waals surface area contributed by atoms with Crippen molar-refractivity contribution in [1.29, 1.82) is 0 Å². The molecule has 0 aliphatic rings. The number of hydrogen-bond donors (Lipinski definition) is 4. The number of amides is 2. The summed E-state index contributed by atoms with van der Waals surface area (Å²) in [6.45, 7) is 3.41. The van der Waals surface area contributed by atoms with Crippen molar-refractivity contribution < 1.29 is 29.0 Å². The minimum Gasteiger partial charge on any atom is -0.481 e. The van der Waals surface area contributed by atoms with Crippen molar-refractivity contribution in [3.63, 3.8) is 0 Å². The van der Waals surface area contributed by atoms with Crippen molar-refractivity contribution in [2.75, 3.05) is 0 Å². The van der Waals surface area contributed by atoms with Gasteiger partial charge < -0.3 is 25.3 Å². The first-order valence-corrected chi connectivity index (χ1v) is 5.87. The zero-order chi connectivity index (χ0) is 15.3. The second-order valence-corrected chi connectivity index (χ2v) is 4.28. The van der Waals surface area contributed by atoms with E-state index in [-0.39, 0.29) is 0 Å². The minimum absolute atomic E-state index is 0.469. The Morgan fingerprint density at radius 1 is 1.25 bits per heavy atom. The summed E-state index contributed by atoms with van der Waals surface area (Å²) in [7, 11) is 0. The summed E-state index contributed by atoms with van der Waals surface area (Å²) < 4.78 is 5.31. The maximum absolute atomic E-state index is 11.6. The number of rotatable bonds is 6. The SMILES string of the molecule is Cc1ccc(C(C)NC(=O)N[C@H](CC(=O)O)C(=O)O)o1. The van der Waals surface area contributed by atoms with Gasteiger partial charge in [-0.25, -0.2) is 9.59 Å². The number of nitrogens with one attached hydrogen (secondary N) is 2. The molecule has 0 radical (unpaired) electrons. The topological polar surface area (TPSA) is 129 Å². The molecule has 0 bridgehead atoms. The van der Waals surface area contributed by atoms with Gasteiger partial charge in [-0.1, -0.05) is 0 Å². The summed E-state index contributed by atoms with van der Waals surface area (Å²) >= 11 is 0. The first kappa shape index (κ1) is 15.5. The number of carbonyl (C=O) groups excluding carboxylic acids is 1. The molecule has 20 heavy (non-hydrogen) atoms. The molecule has 0 aromatic carbocycles. The standard InChI is InChI=1S/C12H16N2O6/c1-6-3-4-9(20-6)7(2)13-12(19)14-8(11(17)18)5-10(15)16/h3-4,7-8H,5H2,1-2H3,(H,15,16)(H,17,18)(H2,13,14,19)/t7?,8-/m1/s1. The largest absolute Gasteiger partial charge is 0.481 e.